The molecule has 6 rings (SSSR count). The number of aromatic hydroxyl groups is 2. The number of likely N-dealkylation sites (tertiary alicyclic amines) is 1. The molecule has 2 amide bonds. The Hall–Kier alpha value is -5.79. The molecular formula is C47H59N3O11. The van der Waals surface area contributed by atoms with Crippen LogP contribution in [0.3, 0.4) is 0 Å². The van der Waals surface area contributed by atoms with Crippen LogP contribution in [0.4, 0.5) is 0 Å². The largest absolute Gasteiger partial charge is 0.507 e. The quantitative estimate of drug-likeness (QED) is 0.180. The normalized spacial score (nSPS) is 20.8. The number of ether oxygens (including phenoxy) is 4. The first-order valence-electron chi connectivity index (χ1n) is 21.3. The number of carbonyl (C=O) groups is 4. The number of pyridine rings is 1. The smallest absolute Gasteiger partial charge is 0.342 e. The predicted molar refractivity (Wildman–Crippen MR) is 228 cm³/mol. The molecule has 6 unspecified atom stereocenters. The Labute approximate surface area is 356 Å². The van der Waals surface area contributed by atoms with Crippen molar-refractivity contribution in [2.24, 2.45) is 11.8 Å². The van der Waals surface area contributed by atoms with Crippen molar-refractivity contribution in [2.45, 2.75) is 109 Å². The number of hydrogen-bond acceptors (Lipinski definition) is 11. The summed E-state index contributed by atoms with van der Waals surface area (Å²) in [4.78, 5) is 69.8. The molecule has 6 atom stereocenters. The molecule has 61 heavy (non-hydrogen) atoms. The Kier molecular flexibility index (Phi) is 14.5. The van der Waals surface area contributed by atoms with E-state index >= 15 is 0 Å². The first-order valence-corrected chi connectivity index (χ1v) is 21.3. The van der Waals surface area contributed by atoms with E-state index in [1.54, 1.807) is 52.8 Å². The maximum atomic E-state index is 14.5. The molecule has 0 spiro atoms. The van der Waals surface area contributed by atoms with Gasteiger partial charge in [0.25, 0.3) is 5.56 Å². The lowest BCUT2D eigenvalue weighted by Gasteiger charge is -2.44. The molecule has 0 aliphatic carbocycles. The van der Waals surface area contributed by atoms with Gasteiger partial charge < -0.3 is 43.9 Å². The fourth-order valence-corrected chi connectivity index (χ4v) is 9.08. The summed E-state index contributed by atoms with van der Waals surface area (Å²) in [7, 11) is 4.34. The van der Waals surface area contributed by atoms with Gasteiger partial charge in [0.1, 0.15) is 28.9 Å². The molecule has 2 bridgehead atoms. The van der Waals surface area contributed by atoms with E-state index in [2.05, 4.69) is 5.32 Å². The Bertz CT molecular complexity index is 2190. The SMILES string of the molecule is CCC(C)C(NC(=O)CC(c1cc(OC)c(OC)c(OC)c1)c1c(O)cc2c(c1O)C(=O)OC(C)CCCC(=O)CCCC=C2)C(=O)N1CC2CC(C1)c1cccc(=O)n1C2. The second-order valence-electron chi connectivity index (χ2n) is 16.7. The van der Waals surface area contributed by atoms with Crippen molar-refractivity contribution in [3.8, 4) is 28.7 Å². The number of allylic oxidation sites excluding steroid dienone is 1. The Morgan fingerprint density at radius 2 is 1.69 bits per heavy atom. The highest BCUT2D eigenvalue weighted by Gasteiger charge is 2.40. The number of cyclic esters (lactones) is 1. The predicted octanol–water partition coefficient (Wildman–Crippen LogP) is 6.47. The highest BCUT2D eigenvalue weighted by molar-refractivity contribution is 5.98. The number of amides is 2. The number of piperidine rings is 1. The Morgan fingerprint density at radius 1 is 0.967 bits per heavy atom. The number of phenols is 2. The summed E-state index contributed by atoms with van der Waals surface area (Å²) < 4.78 is 24.5. The lowest BCUT2D eigenvalue weighted by Crippen LogP contribution is -2.56. The standard InChI is InChI=1S/C47H59N3O11/c1-7-27(2)43(46(56)49-24-29-19-32(26-49)35-17-12-18-40(54)50(35)25-29)48-39(53)23-34(31-21-37(58-4)45(60-6)38(22-31)59-5)42-36(52)20-30-14-9-8-10-15-33(51)16-11-13-28(3)61-47(57)41(30)44(42)55/h9,12,14,17-18,20-22,27-29,32,34,43,52,55H,7-8,10-11,13,15-16,19,23-26H2,1-6H3,(H,48,53). The van der Waals surface area contributed by atoms with Gasteiger partial charge in [0.2, 0.25) is 17.6 Å². The van der Waals surface area contributed by atoms with Crippen molar-refractivity contribution in [1.82, 2.24) is 14.8 Å². The molecule has 14 heteroatoms. The van der Waals surface area contributed by atoms with Crippen molar-refractivity contribution in [3.63, 3.8) is 0 Å². The summed E-state index contributed by atoms with van der Waals surface area (Å²) in [5.41, 5.74) is 1.13. The van der Waals surface area contributed by atoms with Crippen LogP contribution in [0.15, 0.2) is 47.3 Å². The molecule has 3 N–H and O–H groups in total. The van der Waals surface area contributed by atoms with Crippen LogP contribution in [-0.2, 0) is 25.7 Å². The van der Waals surface area contributed by atoms with Crippen LogP contribution in [0.25, 0.3) is 6.08 Å². The minimum absolute atomic E-state index is 0.0170. The monoisotopic (exact) mass is 841 g/mol. The molecule has 1 aromatic heterocycles. The average molecular weight is 842 g/mol. The topological polar surface area (TPSA) is 183 Å². The van der Waals surface area contributed by atoms with Gasteiger partial charge >= 0.3 is 5.97 Å². The molecule has 0 radical (unpaired) electrons. The molecule has 2 aromatic carbocycles. The molecule has 328 valence electrons. The van der Waals surface area contributed by atoms with Crippen molar-refractivity contribution in [1.29, 1.82) is 0 Å². The van der Waals surface area contributed by atoms with Crippen LogP contribution in [0.5, 0.6) is 28.7 Å². The number of rotatable bonds is 11. The third-order valence-corrected chi connectivity index (χ3v) is 12.5. The van der Waals surface area contributed by atoms with Crippen LogP contribution in [0, 0.1) is 11.8 Å². The number of aromatic nitrogens is 1. The number of benzene rings is 2. The van der Waals surface area contributed by atoms with E-state index in [1.807, 2.05) is 19.9 Å². The minimum atomic E-state index is -1.12. The van der Waals surface area contributed by atoms with E-state index in [1.165, 1.54) is 27.4 Å². The second kappa shape index (κ2) is 19.7. The van der Waals surface area contributed by atoms with Gasteiger partial charge in [-0.3, -0.25) is 19.2 Å². The zero-order valence-corrected chi connectivity index (χ0v) is 36.0. The zero-order valence-electron chi connectivity index (χ0n) is 36.0. The zero-order chi connectivity index (χ0) is 44.0. The Morgan fingerprint density at radius 3 is 2.38 bits per heavy atom. The van der Waals surface area contributed by atoms with Crippen LogP contribution in [-0.4, -0.2) is 89.8 Å². The molecule has 3 aromatic rings. The van der Waals surface area contributed by atoms with Gasteiger partial charge in [-0.05, 0) is 86.3 Å². The number of phenolic OH excluding ortho intramolecular Hbond substituents is 2. The lowest BCUT2D eigenvalue weighted by atomic mass is 9.82. The van der Waals surface area contributed by atoms with Crippen molar-refractivity contribution in [3.05, 3.63) is 80.8 Å². The van der Waals surface area contributed by atoms with E-state index in [4.69, 9.17) is 18.9 Å². The van der Waals surface area contributed by atoms with Gasteiger partial charge in [0.05, 0.1) is 27.4 Å². The summed E-state index contributed by atoms with van der Waals surface area (Å²) in [5.74, 6) is -2.95. The van der Waals surface area contributed by atoms with Crippen LogP contribution in [0.1, 0.15) is 123 Å². The molecule has 14 nitrogen and oxygen atoms in total. The maximum Gasteiger partial charge on any atom is 0.342 e. The number of fused-ring (bicyclic) bond motifs is 5. The number of esters is 1. The number of Topliss-reactive ketones (excluding diaryl/α,β-unsaturated/α-hetero) is 1. The van der Waals surface area contributed by atoms with Crippen LogP contribution in [0.2, 0.25) is 0 Å². The number of carbonyl (C=O) groups excluding carboxylic acids is 4. The summed E-state index contributed by atoms with van der Waals surface area (Å²) in [6, 6.07) is 8.92. The number of methoxy groups -OCH3 is 3. The van der Waals surface area contributed by atoms with Gasteiger partial charge in [-0.1, -0.05) is 38.5 Å². The summed E-state index contributed by atoms with van der Waals surface area (Å²) in [6.07, 6.45) is 6.76. The number of ketones is 1. The first-order chi connectivity index (χ1) is 29.3. The highest BCUT2D eigenvalue weighted by Crippen LogP contribution is 2.48. The van der Waals surface area contributed by atoms with E-state index < -0.39 is 41.4 Å². The van der Waals surface area contributed by atoms with Crippen LogP contribution >= 0.6 is 0 Å². The van der Waals surface area contributed by atoms with E-state index in [0.717, 1.165) is 12.1 Å². The summed E-state index contributed by atoms with van der Waals surface area (Å²) >= 11 is 0. The van der Waals surface area contributed by atoms with Gasteiger partial charge in [-0.15, -0.1) is 0 Å². The fraction of sp³-hybridized carbons (Fsp3) is 0.511. The van der Waals surface area contributed by atoms with Crippen molar-refractivity contribution in [2.75, 3.05) is 34.4 Å². The lowest BCUT2D eigenvalue weighted by molar-refractivity contribution is -0.140. The molecule has 1 fully saturated rings. The van der Waals surface area contributed by atoms with Gasteiger partial charge in [0.15, 0.2) is 11.5 Å². The third kappa shape index (κ3) is 9.89. The Balaban J connectivity index is 1.39. The van der Waals surface area contributed by atoms with Crippen molar-refractivity contribution < 1.29 is 48.3 Å². The van der Waals surface area contributed by atoms with Crippen molar-refractivity contribution >= 4 is 29.6 Å². The van der Waals surface area contributed by atoms with E-state index in [9.17, 15) is 34.2 Å². The van der Waals surface area contributed by atoms with Gasteiger partial charge in [-0.2, -0.15) is 0 Å². The highest BCUT2D eigenvalue weighted by atomic mass is 16.5. The first kappa shape index (κ1) is 44.8. The summed E-state index contributed by atoms with van der Waals surface area (Å²) in [5, 5.41) is 27.1. The summed E-state index contributed by atoms with van der Waals surface area (Å²) in [6.45, 7) is 6.95. The molecular weight excluding hydrogens is 783 g/mol. The van der Waals surface area contributed by atoms with Gasteiger partial charge in [-0.25, -0.2) is 4.79 Å². The third-order valence-electron chi connectivity index (χ3n) is 12.5. The molecule has 3 aliphatic rings. The number of nitrogens with one attached hydrogen (secondary N) is 1. The molecule has 4 heterocycles. The molecule has 0 saturated carbocycles. The van der Waals surface area contributed by atoms with Crippen LogP contribution < -0.4 is 25.1 Å². The number of nitrogens with zero attached hydrogens (tertiary/aromatic N) is 2. The van der Waals surface area contributed by atoms with E-state index in [0.29, 0.717) is 70.1 Å². The second-order valence-corrected chi connectivity index (χ2v) is 16.7. The molecule has 3 aliphatic heterocycles. The fourth-order valence-electron chi connectivity index (χ4n) is 9.08. The minimum Gasteiger partial charge on any atom is -0.507 e. The molecule has 1 saturated heterocycles. The van der Waals surface area contributed by atoms with E-state index in [-0.39, 0.29) is 75.4 Å². The maximum absolute atomic E-state index is 14.5. The van der Waals surface area contributed by atoms with Gasteiger partial charge in [0, 0.05) is 68.1 Å². The number of hydrogen-bond donors (Lipinski definition) is 3. The average Bonchev–Trinajstić information content (AvgIpc) is 3.23.